The van der Waals surface area contributed by atoms with Gasteiger partial charge in [-0.15, -0.1) is 0 Å². The summed E-state index contributed by atoms with van der Waals surface area (Å²) in [5.74, 6) is 0.345. The van der Waals surface area contributed by atoms with E-state index in [-0.39, 0.29) is 5.82 Å². The molecule has 1 fully saturated rings. The van der Waals surface area contributed by atoms with Crippen LogP contribution in [0, 0.1) is 11.7 Å². The Morgan fingerprint density at radius 3 is 2.79 bits per heavy atom. The van der Waals surface area contributed by atoms with Crippen LogP contribution in [-0.2, 0) is 0 Å². The van der Waals surface area contributed by atoms with Crippen LogP contribution in [0.15, 0.2) is 18.2 Å². The minimum Gasteiger partial charge on any atom is -0.389 e. The number of anilines is 1. The van der Waals surface area contributed by atoms with E-state index in [4.69, 9.17) is 0 Å². The minimum absolute atomic E-state index is 0.257. The summed E-state index contributed by atoms with van der Waals surface area (Å²) in [6, 6.07) is 4.98. The van der Waals surface area contributed by atoms with E-state index in [1.54, 1.807) is 19.1 Å². The molecule has 0 amide bonds. The maximum Gasteiger partial charge on any atom is 0.146 e. The molecule has 2 unspecified atom stereocenters. The number of benzene rings is 1. The fraction of sp³-hybridized carbons (Fsp3) is 0.600. The first kappa shape index (κ1) is 14.3. The molecule has 2 rings (SSSR count). The molecule has 0 aromatic heterocycles. The van der Waals surface area contributed by atoms with Crippen molar-refractivity contribution in [2.45, 2.75) is 19.4 Å². The lowest BCUT2D eigenvalue weighted by Crippen LogP contribution is -2.27. The highest BCUT2D eigenvalue weighted by molar-refractivity contribution is 5.48. The van der Waals surface area contributed by atoms with Gasteiger partial charge in [0, 0.05) is 20.1 Å². The van der Waals surface area contributed by atoms with E-state index in [9.17, 15) is 9.50 Å². The zero-order valence-corrected chi connectivity index (χ0v) is 11.9. The normalized spacial score (nSPS) is 21.6. The van der Waals surface area contributed by atoms with Gasteiger partial charge >= 0.3 is 0 Å². The van der Waals surface area contributed by atoms with Crippen LogP contribution in [0.5, 0.6) is 0 Å². The highest BCUT2D eigenvalue weighted by Crippen LogP contribution is 2.25. The van der Waals surface area contributed by atoms with Gasteiger partial charge in [0.25, 0.3) is 0 Å². The third-order valence-electron chi connectivity index (χ3n) is 3.89. The van der Waals surface area contributed by atoms with Gasteiger partial charge in [-0.2, -0.15) is 0 Å². The van der Waals surface area contributed by atoms with Gasteiger partial charge in [-0.05, 0) is 50.6 Å². The molecule has 0 aliphatic carbocycles. The van der Waals surface area contributed by atoms with Crippen molar-refractivity contribution in [3.05, 3.63) is 29.6 Å². The van der Waals surface area contributed by atoms with Gasteiger partial charge in [0.05, 0.1) is 11.8 Å². The predicted octanol–water partition coefficient (Wildman–Crippen LogP) is 2.27. The first-order chi connectivity index (χ1) is 8.97. The lowest BCUT2D eigenvalue weighted by molar-refractivity contribution is 0.199. The molecule has 0 bridgehead atoms. The SMILES string of the molecule is CC(O)c1ccc(N(C)CC2CCN(C)C2)c(F)c1. The van der Waals surface area contributed by atoms with Crippen LogP contribution < -0.4 is 4.90 Å². The third kappa shape index (κ3) is 3.45. The lowest BCUT2D eigenvalue weighted by atomic mass is 10.1. The molecule has 1 aromatic rings. The largest absolute Gasteiger partial charge is 0.389 e. The number of hydrogen-bond donors (Lipinski definition) is 1. The molecular formula is C15H23FN2O. The molecule has 1 aliphatic heterocycles. The number of rotatable bonds is 4. The molecule has 1 N–H and O–H groups in total. The number of hydrogen-bond acceptors (Lipinski definition) is 3. The van der Waals surface area contributed by atoms with Crippen LogP contribution in [0.3, 0.4) is 0 Å². The first-order valence-electron chi connectivity index (χ1n) is 6.84. The summed E-state index contributed by atoms with van der Waals surface area (Å²) in [5.41, 5.74) is 1.23. The van der Waals surface area contributed by atoms with Crippen molar-refractivity contribution in [1.82, 2.24) is 4.90 Å². The second-order valence-electron chi connectivity index (χ2n) is 5.68. The van der Waals surface area contributed by atoms with Crippen molar-refractivity contribution in [3.63, 3.8) is 0 Å². The Morgan fingerprint density at radius 2 is 2.26 bits per heavy atom. The van der Waals surface area contributed by atoms with Gasteiger partial charge < -0.3 is 14.9 Å². The lowest BCUT2D eigenvalue weighted by Gasteiger charge is -2.24. The molecule has 19 heavy (non-hydrogen) atoms. The minimum atomic E-state index is -0.627. The van der Waals surface area contributed by atoms with Crippen molar-refractivity contribution in [3.8, 4) is 0 Å². The van der Waals surface area contributed by atoms with Gasteiger partial charge in [-0.1, -0.05) is 6.07 Å². The molecule has 4 heteroatoms. The van der Waals surface area contributed by atoms with Crippen molar-refractivity contribution in [1.29, 1.82) is 0 Å². The molecule has 3 nitrogen and oxygen atoms in total. The van der Waals surface area contributed by atoms with Gasteiger partial charge in [0.1, 0.15) is 5.82 Å². The fourth-order valence-corrected chi connectivity index (χ4v) is 2.75. The van der Waals surface area contributed by atoms with Crippen molar-refractivity contribution >= 4 is 5.69 Å². The van der Waals surface area contributed by atoms with Crippen molar-refractivity contribution < 1.29 is 9.50 Å². The topological polar surface area (TPSA) is 26.7 Å². The summed E-state index contributed by atoms with van der Waals surface area (Å²) < 4.78 is 14.0. The Balaban J connectivity index is 2.04. The number of aliphatic hydroxyl groups excluding tert-OH is 1. The number of likely N-dealkylation sites (tertiary alicyclic amines) is 1. The molecule has 1 heterocycles. The standard InChI is InChI=1S/C15H23FN2O/c1-11(19)13-4-5-15(14(16)8-13)18(3)10-12-6-7-17(2)9-12/h4-5,8,11-12,19H,6-7,9-10H2,1-3H3. The smallest absolute Gasteiger partial charge is 0.146 e. The van der Waals surface area contributed by atoms with Gasteiger partial charge in [0.2, 0.25) is 0 Å². The average Bonchev–Trinajstić information content (AvgIpc) is 2.74. The van der Waals surface area contributed by atoms with Crippen LogP contribution >= 0.6 is 0 Å². The van der Waals surface area contributed by atoms with Crippen LogP contribution in [0.25, 0.3) is 0 Å². The molecule has 2 atom stereocenters. The summed E-state index contributed by atoms with van der Waals surface area (Å²) in [6.45, 7) is 4.72. The van der Waals surface area contributed by atoms with Gasteiger partial charge in [-0.3, -0.25) is 0 Å². The van der Waals surface area contributed by atoms with E-state index in [0.717, 1.165) is 19.6 Å². The molecule has 1 saturated heterocycles. The highest BCUT2D eigenvalue weighted by atomic mass is 19.1. The summed E-state index contributed by atoms with van der Waals surface area (Å²) in [4.78, 5) is 4.29. The van der Waals surface area contributed by atoms with E-state index < -0.39 is 6.10 Å². The molecule has 106 valence electrons. The van der Waals surface area contributed by atoms with E-state index in [1.165, 1.54) is 12.5 Å². The van der Waals surface area contributed by atoms with E-state index >= 15 is 0 Å². The summed E-state index contributed by atoms with van der Waals surface area (Å²) in [5, 5.41) is 9.45. The summed E-state index contributed by atoms with van der Waals surface area (Å²) in [7, 11) is 4.05. The summed E-state index contributed by atoms with van der Waals surface area (Å²) >= 11 is 0. The fourth-order valence-electron chi connectivity index (χ4n) is 2.75. The Labute approximate surface area is 114 Å². The molecule has 0 radical (unpaired) electrons. The monoisotopic (exact) mass is 266 g/mol. The second kappa shape index (κ2) is 5.88. The Morgan fingerprint density at radius 1 is 1.53 bits per heavy atom. The van der Waals surface area contributed by atoms with Crippen LogP contribution in [0.4, 0.5) is 10.1 Å². The van der Waals surface area contributed by atoms with Gasteiger partial charge in [0.15, 0.2) is 0 Å². The predicted molar refractivity (Wildman–Crippen MR) is 75.9 cm³/mol. The third-order valence-corrected chi connectivity index (χ3v) is 3.89. The summed E-state index contributed by atoms with van der Waals surface area (Å²) in [6.07, 6.45) is 0.547. The van der Waals surface area contributed by atoms with Crippen molar-refractivity contribution in [2.24, 2.45) is 5.92 Å². The molecule has 0 spiro atoms. The average molecular weight is 266 g/mol. The Kier molecular flexibility index (Phi) is 4.42. The van der Waals surface area contributed by atoms with Crippen LogP contribution in [0.2, 0.25) is 0 Å². The maximum absolute atomic E-state index is 14.0. The molecule has 0 saturated carbocycles. The molecule has 1 aromatic carbocycles. The zero-order valence-electron chi connectivity index (χ0n) is 11.9. The maximum atomic E-state index is 14.0. The molecular weight excluding hydrogens is 243 g/mol. The van der Waals surface area contributed by atoms with Gasteiger partial charge in [-0.25, -0.2) is 4.39 Å². The van der Waals surface area contributed by atoms with Crippen LogP contribution in [-0.4, -0.2) is 43.7 Å². The number of halogens is 1. The zero-order chi connectivity index (χ0) is 14.0. The van der Waals surface area contributed by atoms with E-state index in [2.05, 4.69) is 11.9 Å². The Bertz CT molecular complexity index is 436. The highest BCUT2D eigenvalue weighted by Gasteiger charge is 2.21. The number of nitrogens with zero attached hydrogens (tertiary/aromatic N) is 2. The quantitative estimate of drug-likeness (QED) is 0.905. The first-order valence-corrected chi connectivity index (χ1v) is 6.84. The molecule has 1 aliphatic rings. The Hall–Kier alpha value is -1.13. The van der Waals surface area contributed by atoms with Crippen LogP contribution in [0.1, 0.15) is 25.0 Å². The van der Waals surface area contributed by atoms with E-state index in [0.29, 0.717) is 17.2 Å². The second-order valence-corrected chi connectivity index (χ2v) is 5.68. The van der Waals surface area contributed by atoms with E-state index in [1.807, 2.05) is 11.9 Å². The number of aliphatic hydroxyl groups is 1. The van der Waals surface area contributed by atoms with Crippen molar-refractivity contribution in [2.75, 3.05) is 38.6 Å².